The number of methoxy groups -OCH3 is 1. The Labute approximate surface area is 172 Å². The normalized spacial score (nSPS) is 12.5. The first-order valence-corrected chi connectivity index (χ1v) is 9.34. The maximum Gasteiger partial charge on any atom is 0.246 e. The Balaban J connectivity index is 2.18. The summed E-state index contributed by atoms with van der Waals surface area (Å²) in [4.78, 5) is 15.1. The van der Waals surface area contributed by atoms with E-state index in [-0.39, 0.29) is 5.91 Å². The summed E-state index contributed by atoms with van der Waals surface area (Å²) in [5.41, 5.74) is 8.45. The summed E-state index contributed by atoms with van der Waals surface area (Å²) in [6.07, 6.45) is 2.58. The van der Waals surface area contributed by atoms with Crippen LogP contribution in [0.3, 0.4) is 0 Å². The zero-order chi connectivity index (χ0) is 21.2. The first-order chi connectivity index (χ1) is 14.0. The van der Waals surface area contributed by atoms with Crippen LogP contribution in [0.5, 0.6) is 5.75 Å². The van der Waals surface area contributed by atoms with Crippen LogP contribution in [-0.4, -0.2) is 51.3 Å². The van der Waals surface area contributed by atoms with Crippen LogP contribution in [-0.2, 0) is 4.79 Å². The van der Waals surface area contributed by atoms with Gasteiger partial charge >= 0.3 is 0 Å². The zero-order valence-electron chi connectivity index (χ0n) is 17.1. The molecule has 29 heavy (non-hydrogen) atoms. The maximum absolute atomic E-state index is 13.0. The fraction of sp³-hybridized carbons (Fsp3) is 0.273. The quantitative estimate of drug-likeness (QED) is 0.463. The van der Waals surface area contributed by atoms with E-state index in [2.05, 4.69) is 15.5 Å². The van der Waals surface area contributed by atoms with Crippen LogP contribution in [0.2, 0.25) is 0 Å². The van der Waals surface area contributed by atoms with Crippen LogP contribution in [0, 0.1) is 5.41 Å². The molecule has 0 aliphatic heterocycles. The Morgan fingerprint density at radius 2 is 1.97 bits per heavy atom. The fourth-order valence-corrected chi connectivity index (χ4v) is 2.80. The lowest BCUT2D eigenvalue weighted by Gasteiger charge is -2.21. The van der Waals surface area contributed by atoms with Gasteiger partial charge in [0.05, 0.1) is 7.11 Å². The third-order valence-electron chi connectivity index (χ3n) is 4.42. The van der Waals surface area contributed by atoms with E-state index in [1.165, 1.54) is 12.4 Å². The minimum Gasteiger partial charge on any atom is -0.497 e. The van der Waals surface area contributed by atoms with Gasteiger partial charge in [-0.15, -0.1) is 0 Å². The number of rotatable bonds is 10. The SMILES string of the molecule is COc1cccc(C(NCCN(C)C)C(=O)Nc2ccc(/C(C=N)=C/N)cc2)c1. The highest BCUT2D eigenvalue weighted by Gasteiger charge is 2.21. The molecule has 0 aromatic heterocycles. The number of ether oxygens (including phenoxy) is 1. The number of nitrogens with zero attached hydrogens (tertiary/aromatic N) is 1. The van der Waals surface area contributed by atoms with Gasteiger partial charge in [-0.05, 0) is 49.5 Å². The molecule has 0 spiro atoms. The Hall–Kier alpha value is -3.16. The number of nitrogens with two attached hydrogens (primary N) is 1. The Kier molecular flexibility index (Phi) is 8.39. The van der Waals surface area contributed by atoms with Crippen molar-refractivity contribution in [1.82, 2.24) is 10.2 Å². The molecule has 0 aliphatic rings. The average Bonchev–Trinajstić information content (AvgIpc) is 2.73. The van der Waals surface area contributed by atoms with E-state index in [1.54, 1.807) is 19.2 Å². The molecule has 0 aliphatic carbocycles. The second-order valence-corrected chi connectivity index (χ2v) is 6.80. The molecule has 0 bridgehead atoms. The lowest BCUT2D eigenvalue weighted by molar-refractivity contribution is -0.118. The van der Waals surface area contributed by atoms with Crippen LogP contribution < -0.4 is 21.1 Å². The average molecular weight is 396 g/mol. The van der Waals surface area contributed by atoms with Gasteiger partial charge in [0.2, 0.25) is 5.91 Å². The number of carbonyl (C=O) groups is 1. The molecule has 154 valence electrons. The molecule has 1 unspecified atom stereocenters. The van der Waals surface area contributed by atoms with E-state index in [4.69, 9.17) is 15.9 Å². The van der Waals surface area contributed by atoms with Gasteiger partial charge in [-0.2, -0.15) is 0 Å². The highest BCUT2D eigenvalue weighted by Crippen LogP contribution is 2.22. The summed E-state index contributed by atoms with van der Waals surface area (Å²) in [6, 6.07) is 14.2. The molecule has 0 heterocycles. The summed E-state index contributed by atoms with van der Waals surface area (Å²) in [5, 5.41) is 13.7. The molecule has 7 heteroatoms. The number of benzene rings is 2. The van der Waals surface area contributed by atoms with Gasteiger partial charge in [0.1, 0.15) is 11.8 Å². The van der Waals surface area contributed by atoms with E-state index in [9.17, 15) is 4.79 Å². The molecule has 0 saturated heterocycles. The smallest absolute Gasteiger partial charge is 0.246 e. The summed E-state index contributed by atoms with van der Waals surface area (Å²) in [7, 11) is 5.58. The zero-order valence-corrected chi connectivity index (χ0v) is 17.1. The summed E-state index contributed by atoms with van der Waals surface area (Å²) < 4.78 is 5.30. The number of amides is 1. The molecule has 0 fully saturated rings. The maximum atomic E-state index is 13.0. The van der Waals surface area contributed by atoms with Crippen molar-refractivity contribution in [2.45, 2.75) is 6.04 Å². The largest absolute Gasteiger partial charge is 0.497 e. The second kappa shape index (κ2) is 11.0. The second-order valence-electron chi connectivity index (χ2n) is 6.80. The van der Waals surface area contributed by atoms with Crippen molar-refractivity contribution in [3.8, 4) is 5.75 Å². The first kappa shape index (κ1) is 22.1. The number of carbonyl (C=O) groups excluding carboxylic acids is 1. The van der Waals surface area contributed by atoms with Gasteiger partial charge < -0.3 is 31.4 Å². The van der Waals surface area contributed by atoms with Crippen molar-refractivity contribution < 1.29 is 9.53 Å². The Bertz CT molecular complexity index is 847. The molecule has 1 amide bonds. The molecule has 2 rings (SSSR count). The van der Waals surface area contributed by atoms with Crippen LogP contribution in [0.1, 0.15) is 17.2 Å². The predicted molar refractivity (Wildman–Crippen MR) is 118 cm³/mol. The van der Waals surface area contributed by atoms with Gasteiger partial charge in [-0.1, -0.05) is 24.3 Å². The third-order valence-corrected chi connectivity index (χ3v) is 4.42. The molecule has 2 aromatic rings. The molecule has 1 atom stereocenters. The number of nitrogens with one attached hydrogen (secondary N) is 3. The molecule has 7 nitrogen and oxygen atoms in total. The van der Waals surface area contributed by atoms with Crippen LogP contribution in [0.15, 0.2) is 54.7 Å². The van der Waals surface area contributed by atoms with Crippen molar-refractivity contribution in [3.63, 3.8) is 0 Å². The van der Waals surface area contributed by atoms with Gasteiger partial charge in [0, 0.05) is 36.8 Å². The van der Waals surface area contributed by atoms with E-state index in [0.717, 1.165) is 17.7 Å². The molecule has 0 saturated carbocycles. The van der Waals surface area contributed by atoms with Crippen LogP contribution >= 0.6 is 0 Å². The standard InChI is InChI=1S/C22H29N5O2/c1-27(2)12-11-25-21(17-5-4-6-20(13-17)29-3)22(28)26-19-9-7-16(8-10-19)18(14-23)15-24/h4-10,13-15,21,23,25H,11-12,24H2,1-3H3,(H,26,28)/b18-15+,23-14?. The number of anilines is 1. The number of allylic oxidation sites excluding steroid dienone is 1. The first-order valence-electron chi connectivity index (χ1n) is 9.34. The number of hydrogen-bond donors (Lipinski definition) is 4. The van der Waals surface area contributed by atoms with Crippen molar-refractivity contribution in [2.24, 2.45) is 5.73 Å². The van der Waals surface area contributed by atoms with Crippen LogP contribution in [0.25, 0.3) is 5.57 Å². The molecule has 2 aromatic carbocycles. The van der Waals surface area contributed by atoms with E-state index < -0.39 is 6.04 Å². The summed E-state index contributed by atoms with van der Waals surface area (Å²) in [6.45, 7) is 1.46. The molecule has 5 N–H and O–H groups in total. The van der Waals surface area contributed by atoms with Crippen LogP contribution in [0.4, 0.5) is 5.69 Å². The summed E-state index contributed by atoms with van der Waals surface area (Å²) in [5.74, 6) is 0.540. The van der Waals surface area contributed by atoms with E-state index in [1.807, 2.05) is 50.5 Å². The molecular weight excluding hydrogens is 366 g/mol. The predicted octanol–water partition coefficient (Wildman–Crippen LogP) is 2.48. The lowest BCUT2D eigenvalue weighted by Crippen LogP contribution is -2.36. The highest BCUT2D eigenvalue weighted by molar-refractivity contribution is 6.08. The topological polar surface area (TPSA) is 103 Å². The van der Waals surface area contributed by atoms with E-state index >= 15 is 0 Å². The lowest BCUT2D eigenvalue weighted by atomic mass is 10.0. The van der Waals surface area contributed by atoms with E-state index in [0.29, 0.717) is 23.6 Å². The summed E-state index contributed by atoms with van der Waals surface area (Å²) >= 11 is 0. The minimum absolute atomic E-state index is 0.161. The molecule has 0 radical (unpaired) electrons. The fourth-order valence-electron chi connectivity index (χ4n) is 2.80. The van der Waals surface area contributed by atoms with Gasteiger partial charge in [0.25, 0.3) is 0 Å². The minimum atomic E-state index is -0.522. The van der Waals surface area contributed by atoms with Gasteiger partial charge in [-0.25, -0.2) is 0 Å². The van der Waals surface area contributed by atoms with Crippen molar-refractivity contribution >= 4 is 23.4 Å². The van der Waals surface area contributed by atoms with Crippen molar-refractivity contribution in [2.75, 3.05) is 39.6 Å². The monoisotopic (exact) mass is 395 g/mol. The highest BCUT2D eigenvalue weighted by atomic mass is 16.5. The third kappa shape index (κ3) is 6.44. The van der Waals surface area contributed by atoms with Gasteiger partial charge in [-0.3, -0.25) is 4.79 Å². The molecular formula is C22H29N5O2. The Morgan fingerprint density at radius 1 is 1.24 bits per heavy atom. The van der Waals surface area contributed by atoms with Crippen molar-refractivity contribution in [1.29, 1.82) is 5.41 Å². The number of hydrogen-bond acceptors (Lipinski definition) is 6. The van der Waals surface area contributed by atoms with Crippen molar-refractivity contribution in [3.05, 3.63) is 65.9 Å². The Morgan fingerprint density at radius 3 is 2.55 bits per heavy atom. The van der Waals surface area contributed by atoms with Gasteiger partial charge in [0.15, 0.2) is 0 Å². The number of likely N-dealkylation sites (N-methyl/N-ethyl adjacent to an activating group) is 1.